The van der Waals surface area contributed by atoms with Crippen molar-refractivity contribution >= 4 is 29.2 Å². The van der Waals surface area contributed by atoms with Gasteiger partial charge in [-0.15, -0.1) is 0 Å². The summed E-state index contributed by atoms with van der Waals surface area (Å²) in [5, 5.41) is 2.77. The van der Waals surface area contributed by atoms with Crippen LogP contribution in [-0.4, -0.2) is 32.2 Å². The van der Waals surface area contributed by atoms with E-state index in [-0.39, 0.29) is 11.3 Å². The second kappa shape index (κ2) is 9.00. The molecule has 0 heterocycles. The van der Waals surface area contributed by atoms with Gasteiger partial charge in [0.25, 0.3) is 5.91 Å². The molecule has 0 aliphatic heterocycles. The van der Waals surface area contributed by atoms with E-state index in [1.807, 2.05) is 0 Å². The van der Waals surface area contributed by atoms with Crippen LogP contribution in [0.2, 0.25) is 5.02 Å². The van der Waals surface area contributed by atoms with Crippen molar-refractivity contribution < 1.29 is 32.6 Å². The number of carbonyl (C=O) groups is 2. The molecule has 0 spiro atoms. The number of ether oxygens (including phenoxy) is 3. The highest BCUT2D eigenvalue weighted by atomic mass is 35.5. The lowest BCUT2D eigenvalue weighted by Crippen LogP contribution is -2.21. The molecular formula is C17H14ClF2NO5. The monoisotopic (exact) mass is 385 g/mol. The fraction of sp³-hybridized carbons (Fsp3) is 0.176. The minimum atomic E-state index is -3.09. The summed E-state index contributed by atoms with van der Waals surface area (Å²) in [4.78, 5) is 23.8. The van der Waals surface area contributed by atoms with E-state index in [0.29, 0.717) is 16.5 Å². The summed E-state index contributed by atoms with van der Waals surface area (Å²) >= 11 is 5.94. The summed E-state index contributed by atoms with van der Waals surface area (Å²) in [5.74, 6) is -1.50. The normalized spacial score (nSPS) is 10.3. The molecule has 2 aromatic rings. The molecule has 0 unspecified atom stereocenters. The molecule has 2 aromatic carbocycles. The number of esters is 1. The molecule has 6 nitrogen and oxygen atoms in total. The predicted molar refractivity (Wildman–Crippen MR) is 90.0 cm³/mol. The van der Waals surface area contributed by atoms with Gasteiger partial charge in [-0.2, -0.15) is 8.78 Å². The Balaban J connectivity index is 1.95. The Kier molecular flexibility index (Phi) is 6.74. The summed E-state index contributed by atoms with van der Waals surface area (Å²) in [6, 6.07) is 9.90. The highest BCUT2D eigenvalue weighted by Crippen LogP contribution is 2.27. The van der Waals surface area contributed by atoms with Crippen LogP contribution in [0, 0.1) is 0 Å². The summed E-state index contributed by atoms with van der Waals surface area (Å²) in [7, 11) is 1.45. The Hall–Kier alpha value is -2.87. The molecule has 0 saturated heterocycles. The van der Waals surface area contributed by atoms with E-state index >= 15 is 0 Å². The maximum absolute atomic E-state index is 12.3. The Labute approximate surface area is 152 Å². The lowest BCUT2D eigenvalue weighted by molar-refractivity contribution is -0.119. The number of nitrogens with one attached hydrogen (secondary N) is 1. The molecule has 0 aliphatic carbocycles. The highest BCUT2D eigenvalue weighted by Gasteiger charge is 2.17. The first-order chi connectivity index (χ1) is 12.4. The molecular weight excluding hydrogens is 372 g/mol. The summed E-state index contributed by atoms with van der Waals surface area (Å²) in [6.45, 7) is -3.71. The molecule has 0 aliphatic rings. The molecule has 2 rings (SSSR count). The lowest BCUT2D eigenvalue weighted by atomic mass is 10.2. The molecule has 138 valence electrons. The van der Waals surface area contributed by atoms with Gasteiger partial charge in [0.2, 0.25) is 0 Å². The van der Waals surface area contributed by atoms with Crippen LogP contribution in [0.5, 0.6) is 11.5 Å². The van der Waals surface area contributed by atoms with Crippen molar-refractivity contribution in [1.82, 2.24) is 0 Å². The number of amides is 1. The second-order valence-electron chi connectivity index (χ2n) is 4.85. The fourth-order valence-corrected chi connectivity index (χ4v) is 2.24. The number of para-hydroxylation sites is 1. The van der Waals surface area contributed by atoms with Gasteiger partial charge in [0.15, 0.2) is 6.61 Å². The van der Waals surface area contributed by atoms with Crippen LogP contribution in [0.15, 0.2) is 42.5 Å². The van der Waals surface area contributed by atoms with E-state index in [2.05, 4.69) is 10.1 Å². The number of benzene rings is 2. The molecule has 9 heteroatoms. The van der Waals surface area contributed by atoms with Crippen LogP contribution in [-0.2, 0) is 9.53 Å². The number of carbonyl (C=O) groups excluding carboxylic acids is 2. The summed E-state index contributed by atoms with van der Waals surface area (Å²) < 4.78 is 38.8. The molecule has 0 radical (unpaired) electrons. The molecule has 0 aromatic heterocycles. The van der Waals surface area contributed by atoms with Crippen molar-refractivity contribution in [3.8, 4) is 11.5 Å². The minimum Gasteiger partial charge on any atom is -0.495 e. The topological polar surface area (TPSA) is 73.9 Å². The van der Waals surface area contributed by atoms with Gasteiger partial charge in [-0.1, -0.05) is 23.7 Å². The van der Waals surface area contributed by atoms with E-state index < -0.39 is 25.1 Å². The summed E-state index contributed by atoms with van der Waals surface area (Å²) in [6.07, 6.45) is 0. The average Bonchev–Trinajstić information content (AvgIpc) is 2.60. The van der Waals surface area contributed by atoms with Crippen LogP contribution in [0.3, 0.4) is 0 Å². The van der Waals surface area contributed by atoms with Crippen LogP contribution < -0.4 is 14.8 Å². The Morgan fingerprint density at radius 2 is 1.88 bits per heavy atom. The smallest absolute Gasteiger partial charge is 0.387 e. The van der Waals surface area contributed by atoms with Crippen molar-refractivity contribution in [3.63, 3.8) is 0 Å². The number of rotatable bonds is 7. The molecule has 26 heavy (non-hydrogen) atoms. The first-order valence-corrected chi connectivity index (χ1v) is 7.63. The van der Waals surface area contributed by atoms with E-state index in [4.69, 9.17) is 21.1 Å². The van der Waals surface area contributed by atoms with Crippen LogP contribution in [0.25, 0.3) is 0 Å². The zero-order valence-corrected chi connectivity index (χ0v) is 14.3. The third-order valence-electron chi connectivity index (χ3n) is 3.09. The fourth-order valence-electron chi connectivity index (χ4n) is 1.98. The molecule has 0 fully saturated rings. The Bertz CT molecular complexity index is 800. The lowest BCUT2D eigenvalue weighted by Gasteiger charge is -2.11. The average molecular weight is 386 g/mol. The maximum Gasteiger partial charge on any atom is 0.387 e. The minimum absolute atomic E-state index is 0.215. The van der Waals surface area contributed by atoms with E-state index in [9.17, 15) is 18.4 Å². The molecule has 0 bridgehead atoms. The quantitative estimate of drug-likeness (QED) is 0.735. The Morgan fingerprint density at radius 3 is 2.54 bits per heavy atom. The zero-order chi connectivity index (χ0) is 19.1. The number of hydrogen-bond donors (Lipinski definition) is 1. The van der Waals surface area contributed by atoms with Crippen LogP contribution in [0.4, 0.5) is 14.5 Å². The van der Waals surface area contributed by atoms with Gasteiger partial charge in [-0.25, -0.2) is 4.79 Å². The number of methoxy groups -OCH3 is 1. The standard InChI is InChI=1S/C17H14ClF2NO5/c1-24-14-7-6-10(8-12(14)18)21-15(22)9-25-16(23)11-4-2-3-5-13(11)26-17(19)20/h2-8,17H,9H2,1H3,(H,21,22). The molecule has 1 amide bonds. The van der Waals surface area contributed by atoms with E-state index in [1.54, 1.807) is 12.1 Å². The van der Waals surface area contributed by atoms with Gasteiger partial charge in [0, 0.05) is 5.69 Å². The van der Waals surface area contributed by atoms with Crippen molar-refractivity contribution in [2.75, 3.05) is 19.0 Å². The van der Waals surface area contributed by atoms with Crippen molar-refractivity contribution in [2.24, 2.45) is 0 Å². The number of alkyl halides is 2. The third-order valence-corrected chi connectivity index (χ3v) is 3.39. The second-order valence-corrected chi connectivity index (χ2v) is 5.26. The van der Waals surface area contributed by atoms with Crippen LogP contribution >= 0.6 is 11.6 Å². The third kappa shape index (κ3) is 5.32. The SMILES string of the molecule is COc1ccc(NC(=O)COC(=O)c2ccccc2OC(F)F)cc1Cl. The van der Waals surface area contributed by atoms with Gasteiger partial charge < -0.3 is 19.5 Å². The first kappa shape index (κ1) is 19.5. The van der Waals surface area contributed by atoms with E-state index in [1.165, 1.54) is 37.4 Å². The number of hydrogen-bond acceptors (Lipinski definition) is 5. The maximum atomic E-state index is 12.3. The summed E-state index contributed by atoms with van der Waals surface area (Å²) in [5.41, 5.74) is 0.159. The van der Waals surface area contributed by atoms with Gasteiger partial charge >= 0.3 is 12.6 Å². The molecule has 0 saturated carbocycles. The van der Waals surface area contributed by atoms with E-state index in [0.717, 1.165) is 0 Å². The van der Waals surface area contributed by atoms with Gasteiger partial charge in [0.1, 0.15) is 17.1 Å². The van der Waals surface area contributed by atoms with Crippen LogP contribution in [0.1, 0.15) is 10.4 Å². The number of anilines is 1. The molecule has 0 atom stereocenters. The van der Waals surface area contributed by atoms with Gasteiger partial charge in [-0.3, -0.25) is 4.79 Å². The number of halogens is 3. The van der Waals surface area contributed by atoms with Crippen molar-refractivity contribution in [2.45, 2.75) is 6.61 Å². The van der Waals surface area contributed by atoms with Crippen molar-refractivity contribution in [1.29, 1.82) is 0 Å². The largest absolute Gasteiger partial charge is 0.495 e. The molecule has 1 N–H and O–H groups in total. The van der Waals surface area contributed by atoms with Gasteiger partial charge in [-0.05, 0) is 30.3 Å². The van der Waals surface area contributed by atoms with Gasteiger partial charge in [0.05, 0.1) is 12.1 Å². The first-order valence-electron chi connectivity index (χ1n) is 7.25. The van der Waals surface area contributed by atoms with Crippen molar-refractivity contribution in [3.05, 3.63) is 53.1 Å². The predicted octanol–water partition coefficient (Wildman–Crippen LogP) is 3.75. The zero-order valence-electron chi connectivity index (χ0n) is 13.5. The Morgan fingerprint density at radius 1 is 1.15 bits per heavy atom. The highest BCUT2D eigenvalue weighted by molar-refractivity contribution is 6.32.